The molecule has 1 atom stereocenters. The van der Waals surface area contributed by atoms with E-state index in [1.54, 1.807) is 23.9 Å². The normalized spacial score (nSPS) is 16.2. The predicted molar refractivity (Wildman–Crippen MR) is 123 cm³/mol. The second kappa shape index (κ2) is 11.6. The van der Waals surface area contributed by atoms with Crippen molar-refractivity contribution in [3.8, 4) is 5.75 Å². The molecule has 0 spiro atoms. The summed E-state index contributed by atoms with van der Waals surface area (Å²) in [5.74, 6) is 0.575. The maximum absolute atomic E-state index is 12.3. The van der Waals surface area contributed by atoms with E-state index in [-0.39, 0.29) is 12.5 Å². The largest absolute Gasteiger partial charge is 0.489 e. The van der Waals surface area contributed by atoms with Gasteiger partial charge in [-0.3, -0.25) is 14.6 Å². The lowest BCUT2D eigenvalue weighted by molar-refractivity contribution is -0.117. The van der Waals surface area contributed by atoms with Crippen LogP contribution in [0.4, 0.5) is 5.69 Å². The third-order valence-corrected chi connectivity index (χ3v) is 6.00. The number of benzene rings is 2. The number of halogens is 1. The minimum Gasteiger partial charge on any atom is -0.489 e. The van der Waals surface area contributed by atoms with Crippen LogP contribution in [0.3, 0.4) is 0 Å². The van der Waals surface area contributed by atoms with Crippen molar-refractivity contribution in [1.29, 1.82) is 0 Å². The zero-order chi connectivity index (χ0) is 21.3. The van der Waals surface area contributed by atoms with Gasteiger partial charge >= 0.3 is 0 Å². The number of amides is 1. The highest BCUT2D eigenvalue weighted by Gasteiger charge is 2.21. The Hall–Kier alpha value is -1.77. The molecule has 0 saturated carbocycles. The average molecular weight is 450 g/mol. The van der Waals surface area contributed by atoms with Crippen molar-refractivity contribution in [2.75, 3.05) is 57.4 Å². The Balaban J connectivity index is 1.34. The molecule has 2 aromatic rings. The number of aliphatic hydroxyl groups is 1. The topological polar surface area (TPSA) is 65.0 Å². The van der Waals surface area contributed by atoms with Crippen molar-refractivity contribution in [3.05, 3.63) is 53.6 Å². The number of piperazine rings is 1. The Bertz CT molecular complexity index is 814. The second-order valence-corrected chi connectivity index (χ2v) is 8.54. The van der Waals surface area contributed by atoms with Crippen LogP contribution in [0.25, 0.3) is 0 Å². The Kier molecular flexibility index (Phi) is 8.84. The molecule has 1 fully saturated rings. The third-order valence-electron chi connectivity index (χ3n) is 4.94. The molecule has 0 radical (unpaired) electrons. The minimum absolute atomic E-state index is 0.00599. The number of nitrogens with one attached hydrogen (secondary N) is 1. The number of para-hydroxylation sites is 1. The van der Waals surface area contributed by atoms with Crippen LogP contribution >= 0.6 is 23.4 Å². The Labute approximate surface area is 187 Å². The van der Waals surface area contributed by atoms with Gasteiger partial charge in [-0.2, -0.15) is 0 Å². The summed E-state index contributed by atoms with van der Waals surface area (Å²) in [6.45, 7) is 4.29. The summed E-state index contributed by atoms with van der Waals surface area (Å²) >= 11 is 7.74. The van der Waals surface area contributed by atoms with Crippen molar-refractivity contribution in [3.63, 3.8) is 0 Å². The molecule has 0 aromatic heterocycles. The smallest absolute Gasteiger partial charge is 0.238 e. The molecule has 3 rings (SSSR count). The number of nitrogens with zero attached hydrogens (tertiary/aromatic N) is 2. The van der Waals surface area contributed by atoms with E-state index < -0.39 is 6.10 Å². The summed E-state index contributed by atoms with van der Waals surface area (Å²) in [5.41, 5.74) is 0.818. The average Bonchev–Trinajstić information content (AvgIpc) is 2.75. The Morgan fingerprint density at radius 3 is 2.47 bits per heavy atom. The van der Waals surface area contributed by atoms with E-state index in [9.17, 15) is 9.90 Å². The lowest BCUT2D eigenvalue weighted by Crippen LogP contribution is -2.50. The molecule has 1 amide bonds. The van der Waals surface area contributed by atoms with Gasteiger partial charge in [-0.25, -0.2) is 0 Å². The first kappa shape index (κ1) is 22.9. The molecule has 2 aromatic carbocycles. The van der Waals surface area contributed by atoms with Crippen LogP contribution in [0.5, 0.6) is 5.75 Å². The first-order chi connectivity index (χ1) is 14.5. The molecule has 1 heterocycles. The van der Waals surface area contributed by atoms with E-state index in [2.05, 4.69) is 15.1 Å². The Morgan fingerprint density at radius 2 is 1.80 bits per heavy atom. The molecule has 30 heavy (non-hydrogen) atoms. The molecule has 2 N–H and O–H groups in total. The number of carbonyl (C=O) groups excluding carboxylic acids is 1. The number of carbonyl (C=O) groups is 1. The van der Waals surface area contributed by atoms with E-state index in [0.29, 0.717) is 23.9 Å². The van der Waals surface area contributed by atoms with Crippen LogP contribution in [-0.4, -0.2) is 79.0 Å². The number of hydrogen-bond donors (Lipinski definition) is 2. The molecule has 8 heteroatoms. The van der Waals surface area contributed by atoms with E-state index in [1.165, 1.54) is 4.90 Å². The van der Waals surface area contributed by atoms with Crippen LogP contribution in [0, 0.1) is 0 Å². The van der Waals surface area contributed by atoms with Gasteiger partial charge in [0.2, 0.25) is 5.91 Å². The van der Waals surface area contributed by atoms with Crippen LogP contribution in [-0.2, 0) is 4.79 Å². The van der Waals surface area contributed by atoms with Crippen LogP contribution in [0.15, 0.2) is 53.4 Å². The maximum atomic E-state index is 12.3. The van der Waals surface area contributed by atoms with Gasteiger partial charge in [0, 0.05) is 43.3 Å². The second-order valence-electron chi connectivity index (χ2n) is 7.25. The van der Waals surface area contributed by atoms with Crippen molar-refractivity contribution in [1.82, 2.24) is 9.80 Å². The SMILES string of the molecule is CSc1ccc(NC(=O)CN2CCN(CC(O)COc3ccccc3Cl)CC2)cc1. The third kappa shape index (κ3) is 7.18. The van der Waals surface area contributed by atoms with Gasteiger partial charge in [0.15, 0.2) is 0 Å². The Morgan fingerprint density at radius 1 is 1.13 bits per heavy atom. The van der Waals surface area contributed by atoms with Crippen LogP contribution in [0.1, 0.15) is 0 Å². The summed E-state index contributed by atoms with van der Waals surface area (Å²) in [4.78, 5) is 17.8. The summed E-state index contributed by atoms with van der Waals surface area (Å²) in [6.07, 6.45) is 1.43. The van der Waals surface area contributed by atoms with Crippen molar-refractivity contribution >= 4 is 35.0 Å². The van der Waals surface area contributed by atoms with Gasteiger partial charge in [0.05, 0.1) is 11.6 Å². The number of hydrogen-bond acceptors (Lipinski definition) is 6. The number of β-amino-alcohol motifs (C(OH)–C–C–N with tert-alkyl or cyclic N) is 1. The zero-order valence-electron chi connectivity index (χ0n) is 17.1. The molecular weight excluding hydrogens is 422 g/mol. The van der Waals surface area contributed by atoms with E-state index in [1.807, 2.05) is 42.7 Å². The van der Waals surface area contributed by atoms with E-state index in [4.69, 9.17) is 16.3 Å². The van der Waals surface area contributed by atoms with Gasteiger partial charge in [-0.15, -0.1) is 11.8 Å². The lowest BCUT2D eigenvalue weighted by atomic mass is 10.2. The first-order valence-corrected chi connectivity index (χ1v) is 11.6. The highest BCUT2D eigenvalue weighted by molar-refractivity contribution is 7.98. The van der Waals surface area contributed by atoms with Gasteiger partial charge in [0.1, 0.15) is 18.5 Å². The first-order valence-electron chi connectivity index (χ1n) is 9.97. The predicted octanol–water partition coefficient (Wildman–Crippen LogP) is 3.06. The summed E-state index contributed by atoms with van der Waals surface area (Å²) in [7, 11) is 0. The number of rotatable bonds is 9. The van der Waals surface area contributed by atoms with E-state index in [0.717, 1.165) is 31.9 Å². The molecule has 0 aliphatic carbocycles. The van der Waals surface area contributed by atoms with Crippen LogP contribution < -0.4 is 10.1 Å². The summed E-state index contributed by atoms with van der Waals surface area (Å²) < 4.78 is 5.61. The molecule has 162 valence electrons. The molecule has 1 aliphatic heterocycles. The number of aliphatic hydroxyl groups excluding tert-OH is 1. The van der Waals surface area contributed by atoms with Gasteiger partial charge < -0.3 is 15.2 Å². The van der Waals surface area contributed by atoms with E-state index >= 15 is 0 Å². The zero-order valence-corrected chi connectivity index (χ0v) is 18.7. The quantitative estimate of drug-likeness (QED) is 0.573. The fourth-order valence-corrected chi connectivity index (χ4v) is 3.90. The van der Waals surface area contributed by atoms with Gasteiger partial charge in [-0.05, 0) is 42.7 Å². The minimum atomic E-state index is -0.597. The van der Waals surface area contributed by atoms with Crippen LogP contribution in [0.2, 0.25) is 5.02 Å². The van der Waals surface area contributed by atoms with Crippen molar-refractivity contribution in [2.24, 2.45) is 0 Å². The highest BCUT2D eigenvalue weighted by atomic mass is 35.5. The van der Waals surface area contributed by atoms with Crippen molar-refractivity contribution in [2.45, 2.75) is 11.0 Å². The van der Waals surface area contributed by atoms with Crippen molar-refractivity contribution < 1.29 is 14.6 Å². The number of ether oxygens (including phenoxy) is 1. The molecule has 1 aliphatic rings. The van der Waals surface area contributed by atoms with Gasteiger partial charge in [0.25, 0.3) is 0 Å². The standard InChI is InChI=1S/C22H28ClN3O3S/c1-30-19-8-6-17(7-9-19)24-22(28)15-26-12-10-25(11-13-26)14-18(27)16-29-21-5-3-2-4-20(21)23/h2-9,18,27H,10-16H2,1H3,(H,24,28). The molecule has 0 bridgehead atoms. The van der Waals surface area contributed by atoms with Gasteiger partial charge in [-0.1, -0.05) is 23.7 Å². The fraction of sp³-hybridized carbons (Fsp3) is 0.409. The fourth-order valence-electron chi connectivity index (χ4n) is 3.31. The highest BCUT2D eigenvalue weighted by Crippen LogP contribution is 2.23. The molecule has 1 unspecified atom stereocenters. The molecule has 6 nitrogen and oxygen atoms in total. The molecule has 1 saturated heterocycles. The lowest BCUT2D eigenvalue weighted by Gasteiger charge is -2.35. The molecular formula is C22H28ClN3O3S. The maximum Gasteiger partial charge on any atom is 0.238 e. The number of thioether (sulfide) groups is 1. The summed E-state index contributed by atoms with van der Waals surface area (Å²) in [6, 6.07) is 15.1. The number of anilines is 1. The monoisotopic (exact) mass is 449 g/mol. The summed E-state index contributed by atoms with van der Waals surface area (Å²) in [5, 5.41) is 13.8.